The van der Waals surface area contributed by atoms with Gasteiger partial charge >= 0.3 is 0 Å². The summed E-state index contributed by atoms with van der Waals surface area (Å²) >= 11 is 0. The van der Waals surface area contributed by atoms with Crippen LogP contribution in [0.5, 0.6) is 0 Å². The molecular weight excluding hydrogens is 250 g/mol. The molecular formula is C17H19NO2. The fourth-order valence-electron chi connectivity index (χ4n) is 1.57. The predicted octanol–water partition coefficient (Wildman–Crippen LogP) is 3.84. The van der Waals surface area contributed by atoms with Crippen molar-refractivity contribution in [1.82, 2.24) is 0 Å². The van der Waals surface area contributed by atoms with Gasteiger partial charge in [0.25, 0.3) is 0 Å². The van der Waals surface area contributed by atoms with E-state index < -0.39 is 5.91 Å². The van der Waals surface area contributed by atoms with Gasteiger partial charge in [0.15, 0.2) is 0 Å². The van der Waals surface area contributed by atoms with Crippen LogP contribution in [0.3, 0.4) is 0 Å². The van der Waals surface area contributed by atoms with Crippen molar-refractivity contribution < 1.29 is 9.90 Å². The number of primary amides is 1. The summed E-state index contributed by atoms with van der Waals surface area (Å²) in [5, 5.41) is 7.86. The van der Waals surface area contributed by atoms with E-state index in [9.17, 15) is 4.79 Å². The quantitative estimate of drug-likeness (QED) is 0.814. The van der Waals surface area contributed by atoms with Crippen molar-refractivity contribution in [3.8, 4) is 11.1 Å². The van der Waals surface area contributed by atoms with E-state index >= 15 is 0 Å². The minimum absolute atomic E-state index is 0.167. The number of aliphatic hydroxyl groups is 1. The molecule has 0 bridgehead atoms. The zero-order chi connectivity index (χ0) is 15.1. The molecule has 0 saturated heterocycles. The van der Waals surface area contributed by atoms with E-state index in [-0.39, 0.29) is 5.76 Å². The number of allylic oxidation sites excluding steroid dienone is 1. The maximum absolute atomic E-state index is 10.9. The summed E-state index contributed by atoms with van der Waals surface area (Å²) in [5.74, 6) is -0.226. The van der Waals surface area contributed by atoms with Crippen LogP contribution in [0.25, 0.3) is 11.1 Å². The Balaban J connectivity index is 0.000000444. The van der Waals surface area contributed by atoms with Crippen molar-refractivity contribution in [1.29, 1.82) is 0 Å². The first-order valence-corrected chi connectivity index (χ1v) is 6.21. The Morgan fingerprint density at radius 2 is 1.35 bits per heavy atom. The molecule has 0 aliphatic heterocycles. The molecule has 0 atom stereocenters. The number of carbonyl (C=O) groups excluding carboxylic acids is 1. The average Bonchev–Trinajstić information content (AvgIpc) is 2.39. The predicted molar refractivity (Wildman–Crippen MR) is 82.6 cm³/mol. The first kappa shape index (κ1) is 15.5. The molecule has 0 saturated carbocycles. The molecule has 0 aliphatic carbocycles. The Kier molecular flexibility index (Phi) is 5.54. The van der Waals surface area contributed by atoms with E-state index in [1.165, 1.54) is 12.5 Å². The molecule has 0 unspecified atom stereocenters. The molecule has 0 heterocycles. The monoisotopic (exact) mass is 269 g/mol. The van der Waals surface area contributed by atoms with Crippen LogP contribution < -0.4 is 5.73 Å². The Hall–Kier alpha value is -2.55. The van der Waals surface area contributed by atoms with Crippen LogP contribution in [0.4, 0.5) is 0 Å². The number of amides is 1. The maximum atomic E-state index is 10.9. The Morgan fingerprint density at radius 1 is 1.00 bits per heavy atom. The zero-order valence-electron chi connectivity index (χ0n) is 11.8. The highest BCUT2D eigenvalue weighted by Crippen LogP contribution is 2.20. The highest BCUT2D eigenvalue weighted by Gasteiger charge is 2.01. The number of carbonyl (C=O) groups is 1. The van der Waals surface area contributed by atoms with Gasteiger partial charge in [-0.3, -0.25) is 4.79 Å². The summed E-state index contributed by atoms with van der Waals surface area (Å²) in [6.45, 7) is 6.69. The van der Waals surface area contributed by atoms with Gasteiger partial charge < -0.3 is 10.8 Å². The second-order valence-corrected chi connectivity index (χ2v) is 4.54. The third kappa shape index (κ3) is 4.98. The molecule has 2 rings (SSSR count). The Morgan fingerprint density at radius 3 is 1.70 bits per heavy atom. The van der Waals surface area contributed by atoms with Crippen LogP contribution in [-0.4, -0.2) is 11.0 Å². The van der Waals surface area contributed by atoms with Crippen molar-refractivity contribution in [3.63, 3.8) is 0 Å². The number of rotatable bonds is 2. The lowest BCUT2D eigenvalue weighted by atomic mass is 10.0. The first-order chi connectivity index (χ1) is 9.40. The van der Waals surface area contributed by atoms with Crippen molar-refractivity contribution in [2.75, 3.05) is 0 Å². The fourth-order valence-corrected chi connectivity index (χ4v) is 1.57. The number of nitrogens with two attached hydrogens (primary N) is 1. The molecule has 1 amide bonds. The zero-order valence-corrected chi connectivity index (χ0v) is 11.8. The molecule has 0 fully saturated rings. The molecule has 3 N–H and O–H groups in total. The number of aryl methyl sites for hydroxylation is 1. The van der Waals surface area contributed by atoms with Gasteiger partial charge in [-0.25, -0.2) is 0 Å². The summed E-state index contributed by atoms with van der Waals surface area (Å²) in [7, 11) is 0. The normalized spacial score (nSPS) is 9.30. The SMILES string of the molecule is C=C(C)O.Cc1ccc(-c2ccc(C(N)=O)cc2)cc1. The third-order valence-corrected chi connectivity index (χ3v) is 2.55. The minimum atomic E-state index is -0.393. The second kappa shape index (κ2) is 7.14. The van der Waals surface area contributed by atoms with E-state index in [0.717, 1.165) is 11.1 Å². The van der Waals surface area contributed by atoms with E-state index in [0.29, 0.717) is 5.56 Å². The van der Waals surface area contributed by atoms with Crippen LogP contribution in [0.2, 0.25) is 0 Å². The number of hydrogen-bond donors (Lipinski definition) is 2. The lowest BCUT2D eigenvalue weighted by Gasteiger charge is -2.03. The standard InChI is InChI=1S/C14H13NO.C3H6O/c1-10-2-4-11(5-3-10)12-6-8-13(9-7-12)14(15)16;1-3(2)4/h2-9H,1H3,(H2,15,16);4H,1H2,2H3. The molecule has 0 spiro atoms. The van der Waals surface area contributed by atoms with Crippen molar-refractivity contribution in [2.24, 2.45) is 5.73 Å². The number of aliphatic hydroxyl groups excluding tert-OH is 1. The van der Waals surface area contributed by atoms with Gasteiger partial charge in [-0.2, -0.15) is 0 Å². The van der Waals surface area contributed by atoms with Crippen LogP contribution in [0.1, 0.15) is 22.8 Å². The molecule has 20 heavy (non-hydrogen) atoms. The fraction of sp³-hybridized carbons (Fsp3) is 0.118. The lowest BCUT2D eigenvalue weighted by Crippen LogP contribution is -2.10. The largest absolute Gasteiger partial charge is 0.513 e. The average molecular weight is 269 g/mol. The summed E-state index contributed by atoms with van der Waals surface area (Å²) < 4.78 is 0. The topological polar surface area (TPSA) is 63.3 Å². The van der Waals surface area contributed by atoms with Gasteiger partial charge in [-0.1, -0.05) is 48.5 Å². The first-order valence-electron chi connectivity index (χ1n) is 6.21. The van der Waals surface area contributed by atoms with Crippen molar-refractivity contribution in [3.05, 3.63) is 72.0 Å². The highest BCUT2D eigenvalue weighted by molar-refractivity contribution is 5.93. The van der Waals surface area contributed by atoms with Crippen molar-refractivity contribution in [2.45, 2.75) is 13.8 Å². The van der Waals surface area contributed by atoms with Gasteiger partial charge in [0.05, 0.1) is 5.76 Å². The summed E-state index contributed by atoms with van der Waals surface area (Å²) in [4.78, 5) is 10.9. The summed E-state index contributed by atoms with van der Waals surface area (Å²) in [6, 6.07) is 15.6. The summed E-state index contributed by atoms with van der Waals surface area (Å²) in [6.07, 6.45) is 0. The van der Waals surface area contributed by atoms with Gasteiger partial charge in [-0.05, 0) is 37.1 Å². The van der Waals surface area contributed by atoms with Crippen LogP contribution in [-0.2, 0) is 0 Å². The van der Waals surface area contributed by atoms with Gasteiger partial charge in [0, 0.05) is 5.56 Å². The summed E-state index contributed by atoms with van der Waals surface area (Å²) in [5.41, 5.74) is 9.18. The molecule has 3 nitrogen and oxygen atoms in total. The minimum Gasteiger partial charge on any atom is -0.513 e. The highest BCUT2D eigenvalue weighted by atomic mass is 16.3. The van der Waals surface area contributed by atoms with Gasteiger partial charge in [0.1, 0.15) is 0 Å². The van der Waals surface area contributed by atoms with Crippen LogP contribution >= 0.6 is 0 Å². The molecule has 104 valence electrons. The number of hydrogen-bond acceptors (Lipinski definition) is 2. The second-order valence-electron chi connectivity index (χ2n) is 4.54. The van der Waals surface area contributed by atoms with Crippen molar-refractivity contribution >= 4 is 5.91 Å². The Bertz CT molecular complexity index is 579. The lowest BCUT2D eigenvalue weighted by molar-refractivity contribution is 0.100. The van der Waals surface area contributed by atoms with Crippen LogP contribution in [0.15, 0.2) is 60.9 Å². The molecule has 3 heteroatoms. The number of benzene rings is 2. The van der Waals surface area contributed by atoms with E-state index in [1.54, 1.807) is 12.1 Å². The molecule has 0 aliphatic rings. The molecule has 0 aromatic heterocycles. The third-order valence-electron chi connectivity index (χ3n) is 2.55. The van der Waals surface area contributed by atoms with Crippen LogP contribution in [0, 0.1) is 6.92 Å². The van der Waals surface area contributed by atoms with Gasteiger partial charge in [0.2, 0.25) is 5.91 Å². The smallest absolute Gasteiger partial charge is 0.248 e. The van der Waals surface area contributed by atoms with Gasteiger partial charge in [-0.15, -0.1) is 0 Å². The van der Waals surface area contributed by atoms with E-state index in [1.807, 2.05) is 12.1 Å². The molecule has 2 aromatic carbocycles. The van der Waals surface area contributed by atoms with E-state index in [4.69, 9.17) is 10.8 Å². The molecule has 0 radical (unpaired) electrons. The Labute approximate surface area is 119 Å². The maximum Gasteiger partial charge on any atom is 0.248 e. The van der Waals surface area contributed by atoms with E-state index in [2.05, 4.69) is 37.8 Å². The molecule has 2 aromatic rings.